The van der Waals surface area contributed by atoms with Crippen molar-refractivity contribution in [3.63, 3.8) is 0 Å². The predicted molar refractivity (Wildman–Crippen MR) is 400 cm³/mol. The molecule has 0 rings (SSSR count). The van der Waals surface area contributed by atoms with E-state index >= 15 is 0 Å². The van der Waals surface area contributed by atoms with Crippen molar-refractivity contribution < 1.29 is 80.2 Å². The number of ether oxygens (including phenoxy) is 4. The second kappa shape index (κ2) is 69.4. The summed E-state index contributed by atoms with van der Waals surface area (Å²) in [5.74, 6) is 0.300. The highest BCUT2D eigenvalue weighted by Crippen LogP contribution is 2.45. The van der Waals surface area contributed by atoms with Crippen LogP contribution in [0.25, 0.3) is 0 Å². The second-order valence-electron chi connectivity index (χ2n) is 29.6. The molecule has 0 aliphatic rings. The van der Waals surface area contributed by atoms with Crippen molar-refractivity contribution in [3.8, 4) is 0 Å². The Morgan fingerprint density at radius 3 is 0.776 bits per heavy atom. The third kappa shape index (κ3) is 71.1. The minimum Gasteiger partial charge on any atom is -0.462 e. The van der Waals surface area contributed by atoms with Gasteiger partial charge in [-0.15, -0.1) is 0 Å². The van der Waals surface area contributed by atoms with Crippen LogP contribution in [0.4, 0.5) is 0 Å². The molecule has 0 spiro atoms. The number of unbranched alkanes of at least 4 members (excludes halogenated alkanes) is 44. The Kier molecular flexibility index (Phi) is 68.1. The highest BCUT2D eigenvalue weighted by atomic mass is 31.2. The molecular weight excluding hydrogens is 1280 g/mol. The molecule has 0 saturated heterocycles. The van der Waals surface area contributed by atoms with Crippen LogP contribution in [0.15, 0.2) is 0 Å². The summed E-state index contributed by atoms with van der Waals surface area (Å²) in [5.41, 5.74) is 0. The number of hydrogen-bond donors (Lipinski definition) is 3. The summed E-state index contributed by atoms with van der Waals surface area (Å²) in [6.07, 6.45) is 56.7. The SMILES string of the molecule is CCCCCCCCCCCC(=O)OC[C@H](COP(=O)(O)OC[C@H](O)COP(=O)(O)OC[C@@H](COC(=O)CCCCCCCCCCCCCCCC(C)C)OC(=O)CCCCCCCCCCCCCCCCC(C)CC)OC(=O)CCCCCCCCCCCCCCC(C)C. The fourth-order valence-electron chi connectivity index (χ4n) is 12.1. The Labute approximate surface area is 600 Å². The standard InChI is InChI=1S/C79H154O17P2/c1-8-10-11-12-13-29-39-46-53-60-76(81)89-66-74(95-79(84)63-56-49-42-35-28-22-21-24-31-37-44-51-58-71(5)6)68-93-97(85,86)91-64-73(80)65-92-98(87,88)94-69-75(67-90-77(82)61-54-47-40-33-26-20-16-17-23-30-36-43-50-57-70(3)4)96-78(83)62-55-48-41-34-27-19-15-14-18-25-32-38-45-52-59-72(7)9-2/h70-75,80H,8-69H2,1-7H3,(H,85,86)(H,87,88)/t72?,73-,74+,75+/m0/s1. The molecule has 98 heavy (non-hydrogen) atoms. The number of carbonyl (C=O) groups is 4. The number of hydrogen-bond acceptors (Lipinski definition) is 15. The van der Waals surface area contributed by atoms with Crippen LogP contribution >= 0.6 is 15.6 Å². The molecule has 0 heterocycles. The van der Waals surface area contributed by atoms with Crippen molar-refractivity contribution in [2.45, 2.75) is 426 Å². The summed E-state index contributed by atoms with van der Waals surface area (Å²) < 4.78 is 68.6. The number of aliphatic hydroxyl groups excluding tert-OH is 1. The van der Waals surface area contributed by atoms with Crippen molar-refractivity contribution in [1.29, 1.82) is 0 Å². The van der Waals surface area contributed by atoms with Gasteiger partial charge in [-0.3, -0.25) is 37.3 Å². The number of esters is 4. The zero-order chi connectivity index (χ0) is 72.3. The molecule has 0 aliphatic heterocycles. The predicted octanol–water partition coefficient (Wildman–Crippen LogP) is 23.4. The van der Waals surface area contributed by atoms with Crippen LogP contribution in [0.1, 0.15) is 408 Å². The average Bonchev–Trinajstić information content (AvgIpc) is 1.05. The molecule has 0 aromatic rings. The molecule has 0 aliphatic carbocycles. The van der Waals surface area contributed by atoms with E-state index < -0.39 is 97.5 Å². The molecule has 0 fully saturated rings. The van der Waals surface area contributed by atoms with Crippen molar-refractivity contribution >= 4 is 39.5 Å². The van der Waals surface area contributed by atoms with Gasteiger partial charge in [-0.1, -0.05) is 357 Å². The molecule has 0 radical (unpaired) electrons. The molecule has 19 heteroatoms. The van der Waals surface area contributed by atoms with Gasteiger partial charge in [-0.2, -0.15) is 0 Å². The van der Waals surface area contributed by atoms with Crippen LogP contribution in [0.2, 0.25) is 0 Å². The zero-order valence-corrected chi connectivity index (χ0v) is 66.0. The first-order valence-electron chi connectivity index (χ1n) is 40.9. The van der Waals surface area contributed by atoms with Gasteiger partial charge in [-0.25, -0.2) is 9.13 Å². The third-order valence-electron chi connectivity index (χ3n) is 18.7. The Bertz CT molecular complexity index is 1910. The summed E-state index contributed by atoms with van der Waals surface area (Å²) >= 11 is 0. The highest BCUT2D eigenvalue weighted by Gasteiger charge is 2.30. The first kappa shape index (κ1) is 96.1. The van der Waals surface area contributed by atoms with Gasteiger partial charge in [0.1, 0.15) is 19.3 Å². The number of aliphatic hydroxyl groups is 1. The van der Waals surface area contributed by atoms with Crippen LogP contribution in [0.5, 0.6) is 0 Å². The van der Waals surface area contributed by atoms with Crippen molar-refractivity contribution in [2.75, 3.05) is 39.6 Å². The number of phosphoric acid groups is 2. The Balaban J connectivity index is 5.24. The number of rotatable bonds is 77. The maximum Gasteiger partial charge on any atom is 0.472 e. The quantitative estimate of drug-likeness (QED) is 0.0222. The number of phosphoric ester groups is 2. The van der Waals surface area contributed by atoms with Crippen LogP contribution in [-0.4, -0.2) is 96.7 Å². The third-order valence-corrected chi connectivity index (χ3v) is 20.6. The molecule has 0 amide bonds. The van der Waals surface area contributed by atoms with E-state index in [0.717, 1.165) is 108 Å². The first-order valence-corrected chi connectivity index (χ1v) is 43.9. The molecule has 0 aromatic heterocycles. The molecule has 0 aromatic carbocycles. The summed E-state index contributed by atoms with van der Waals surface area (Å²) in [6, 6.07) is 0. The van der Waals surface area contributed by atoms with E-state index in [0.29, 0.717) is 25.7 Å². The topological polar surface area (TPSA) is 237 Å². The van der Waals surface area contributed by atoms with E-state index in [4.69, 9.17) is 37.0 Å². The fraction of sp³-hybridized carbons (Fsp3) is 0.949. The lowest BCUT2D eigenvalue weighted by Gasteiger charge is -2.21. The Hall–Kier alpha value is -1.94. The van der Waals surface area contributed by atoms with Crippen molar-refractivity contribution in [2.24, 2.45) is 17.8 Å². The monoisotopic (exact) mass is 1440 g/mol. The normalized spacial score (nSPS) is 14.3. The largest absolute Gasteiger partial charge is 0.472 e. The smallest absolute Gasteiger partial charge is 0.462 e. The lowest BCUT2D eigenvalue weighted by molar-refractivity contribution is -0.161. The molecule has 6 atom stereocenters. The summed E-state index contributed by atoms with van der Waals surface area (Å²) in [4.78, 5) is 72.9. The molecule has 3 N–H and O–H groups in total. The van der Waals surface area contributed by atoms with Gasteiger partial charge in [0.2, 0.25) is 0 Å². The summed E-state index contributed by atoms with van der Waals surface area (Å²) in [7, 11) is -9.92. The van der Waals surface area contributed by atoms with Crippen LogP contribution in [0, 0.1) is 17.8 Å². The fourth-order valence-corrected chi connectivity index (χ4v) is 13.7. The molecular formula is C79H154O17P2. The van der Waals surface area contributed by atoms with Crippen molar-refractivity contribution in [1.82, 2.24) is 0 Å². The van der Waals surface area contributed by atoms with Crippen molar-refractivity contribution in [3.05, 3.63) is 0 Å². The van der Waals surface area contributed by atoms with E-state index in [1.807, 2.05) is 0 Å². The van der Waals surface area contributed by atoms with E-state index in [1.54, 1.807) is 0 Å². The van der Waals surface area contributed by atoms with Gasteiger partial charge in [0, 0.05) is 25.7 Å². The Morgan fingerprint density at radius 1 is 0.296 bits per heavy atom. The molecule has 17 nitrogen and oxygen atoms in total. The number of carbonyl (C=O) groups excluding carboxylic acids is 4. The minimum absolute atomic E-state index is 0.107. The van der Waals surface area contributed by atoms with E-state index in [1.165, 1.54) is 218 Å². The molecule has 582 valence electrons. The maximum atomic E-state index is 13.1. The second-order valence-corrected chi connectivity index (χ2v) is 32.6. The van der Waals surface area contributed by atoms with E-state index in [-0.39, 0.29) is 25.7 Å². The summed E-state index contributed by atoms with van der Waals surface area (Å²) in [5, 5.41) is 10.6. The van der Waals surface area contributed by atoms with Crippen LogP contribution in [-0.2, 0) is 65.4 Å². The van der Waals surface area contributed by atoms with Gasteiger partial charge in [0.15, 0.2) is 12.2 Å². The summed E-state index contributed by atoms with van der Waals surface area (Å²) in [6.45, 7) is 12.0. The zero-order valence-electron chi connectivity index (χ0n) is 64.3. The van der Waals surface area contributed by atoms with Gasteiger partial charge in [-0.05, 0) is 43.4 Å². The minimum atomic E-state index is -4.96. The Morgan fingerprint density at radius 2 is 0.520 bits per heavy atom. The lowest BCUT2D eigenvalue weighted by Crippen LogP contribution is -2.30. The first-order chi connectivity index (χ1) is 47.3. The van der Waals surface area contributed by atoms with Crippen LogP contribution in [0.3, 0.4) is 0 Å². The maximum absolute atomic E-state index is 13.1. The van der Waals surface area contributed by atoms with E-state index in [9.17, 15) is 43.2 Å². The van der Waals surface area contributed by atoms with Gasteiger partial charge in [0.05, 0.1) is 26.4 Å². The molecule has 3 unspecified atom stereocenters. The molecule has 0 saturated carbocycles. The molecule has 0 bridgehead atoms. The lowest BCUT2D eigenvalue weighted by atomic mass is 9.99. The van der Waals surface area contributed by atoms with Gasteiger partial charge < -0.3 is 33.8 Å². The van der Waals surface area contributed by atoms with Crippen LogP contribution < -0.4 is 0 Å². The van der Waals surface area contributed by atoms with E-state index in [2.05, 4.69) is 48.5 Å². The highest BCUT2D eigenvalue weighted by molar-refractivity contribution is 7.47. The van der Waals surface area contributed by atoms with Gasteiger partial charge >= 0.3 is 39.5 Å². The average molecular weight is 1440 g/mol. The van der Waals surface area contributed by atoms with Gasteiger partial charge in [0.25, 0.3) is 0 Å².